The lowest BCUT2D eigenvalue weighted by Gasteiger charge is -2.16. The number of rotatable bonds is 4. The van der Waals surface area contributed by atoms with Gasteiger partial charge in [0.2, 0.25) is 5.91 Å². The summed E-state index contributed by atoms with van der Waals surface area (Å²) in [6.07, 6.45) is 1.62. The van der Waals surface area contributed by atoms with Crippen molar-refractivity contribution in [2.24, 2.45) is 0 Å². The number of nitrogens with zero attached hydrogens (tertiary/aromatic N) is 1. The summed E-state index contributed by atoms with van der Waals surface area (Å²) in [6.45, 7) is 6.67. The molecule has 0 fully saturated rings. The third-order valence-electron chi connectivity index (χ3n) is 1.86. The van der Waals surface area contributed by atoms with E-state index >= 15 is 0 Å². The van der Waals surface area contributed by atoms with Crippen molar-refractivity contribution in [2.75, 3.05) is 11.5 Å². The molecule has 0 aliphatic carbocycles. The van der Waals surface area contributed by atoms with Crippen LogP contribution in [-0.4, -0.2) is 26.6 Å². The van der Waals surface area contributed by atoms with Crippen LogP contribution < -0.4 is 11.1 Å². The highest BCUT2D eigenvalue weighted by atomic mass is 32.2. The van der Waals surface area contributed by atoms with Gasteiger partial charge in [-0.05, 0) is 0 Å². The number of hydrogen-bond acceptors (Lipinski definition) is 4. The molecule has 0 aliphatic rings. The first kappa shape index (κ1) is 12.9. The Morgan fingerprint density at radius 3 is 2.81 bits per heavy atom. The highest BCUT2D eigenvalue weighted by molar-refractivity contribution is 8.01. The summed E-state index contributed by atoms with van der Waals surface area (Å²) in [6, 6.07) is 0. The topological polar surface area (TPSA) is 83.8 Å². The van der Waals surface area contributed by atoms with Crippen LogP contribution in [0.3, 0.4) is 0 Å². The number of nitrogen functional groups attached to an aromatic ring is 1. The fraction of sp³-hybridized carbons (Fsp3) is 0.600. The molecule has 0 saturated carbocycles. The summed E-state index contributed by atoms with van der Waals surface area (Å²) in [5, 5.41) is 9.20. The molecule has 0 aromatic carbocycles. The second-order valence-corrected chi connectivity index (χ2v) is 6.29. The number of anilines is 1. The average molecular weight is 242 g/mol. The standard InChI is InChI=1S/C10H18N4OS/c1-10(2,3)16-6-8(15)12-4-7-5-13-14-9(7)11/h5H,4,6H2,1-3H3,(H,12,15)(H3,11,13,14). The van der Waals surface area contributed by atoms with E-state index in [1.54, 1.807) is 18.0 Å². The Kier molecular flexibility index (Phi) is 4.23. The normalized spacial score (nSPS) is 11.4. The van der Waals surface area contributed by atoms with Crippen molar-refractivity contribution in [1.29, 1.82) is 0 Å². The van der Waals surface area contributed by atoms with Crippen LogP contribution in [0.25, 0.3) is 0 Å². The molecule has 5 nitrogen and oxygen atoms in total. The Morgan fingerprint density at radius 2 is 2.31 bits per heavy atom. The summed E-state index contributed by atoms with van der Waals surface area (Å²) in [5.74, 6) is 0.977. The third kappa shape index (κ3) is 4.57. The Morgan fingerprint density at radius 1 is 1.62 bits per heavy atom. The molecule has 6 heteroatoms. The van der Waals surface area contributed by atoms with Crippen LogP contribution in [0.5, 0.6) is 0 Å². The molecule has 0 atom stereocenters. The Bertz CT molecular complexity index is 356. The van der Waals surface area contributed by atoms with Gasteiger partial charge in [-0.3, -0.25) is 9.89 Å². The van der Waals surface area contributed by atoms with Gasteiger partial charge in [-0.15, -0.1) is 11.8 Å². The molecule has 1 aromatic heterocycles. The highest BCUT2D eigenvalue weighted by Gasteiger charge is 2.13. The number of aromatic amines is 1. The zero-order chi connectivity index (χ0) is 12.2. The van der Waals surface area contributed by atoms with Gasteiger partial charge in [-0.2, -0.15) is 5.10 Å². The summed E-state index contributed by atoms with van der Waals surface area (Å²) in [5.41, 5.74) is 6.41. The van der Waals surface area contributed by atoms with E-state index in [4.69, 9.17) is 5.73 Å². The summed E-state index contributed by atoms with van der Waals surface area (Å²) < 4.78 is 0.103. The van der Waals surface area contributed by atoms with Crippen LogP contribution >= 0.6 is 11.8 Å². The molecule has 4 N–H and O–H groups in total. The first-order valence-electron chi connectivity index (χ1n) is 5.07. The van der Waals surface area contributed by atoms with Gasteiger partial charge in [0.15, 0.2) is 0 Å². The van der Waals surface area contributed by atoms with E-state index in [-0.39, 0.29) is 10.7 Å². The molecule has 0 unspecified atom stereocenters. The minimum absolute atomic E-state index is 0.0144. The van der Waals surface area contributed by atoms with Crippen LogP contribution in [-0.2, 0) is 11.3 Å². The van der Waals surface area contributed by atoms with Gasteiger partial charge in [-0.1, -0.05) is 20.8 Å². The molecule has 0 radical (unpaired) electrons. The molecule has 0 bridgehead atoms. The molecule has 1 rings (SSSR count). The van der Waals surface area contributed by atoms with Crippen molar-refractivity contribution in [2.45, 2.75) is 32.1 Å². The molecule has 16 heavy (non-hydrogen) atoms. The molecule has 0 spiro atoms. The van der Waals surface area contributed by atoms with E-state index in [9.17, 15) is 4.79 Å². The fourth-order valence-corrected chi connectivity index (χ4v) is 1.66. The Hall–Kier alpha value is -1.17. The van der Waals surface area contributed by atoms with E-state index in [2.05, 4.69) is 36.3 Å². The van der Waals surface area contributed by atoms with Crippen LogP contribution in [0.2, 0.25) is 0 Å². The van der Waals surface area contributed by atoms with Crippen molar-refractivity contribution < 1.29 is 4.79 Å². The predicted molar refractivity (Wildman–Crippen MR) is 67.1 cm³/mol. The van der Waals surface area contributed by atoms with Crippen LogP contribution in [0, 0.1) is 0 Å². The third-order valence-corrected chi connectivity index (χ3v) is 3.14. The summed E-state index contributed by atoms with van der Waals surface area (Å²) in [7, 11) is 0. The maximum absolute atomic E-state index is 11.5. The number of carbonyl (C=O) groups excluding carboxylic acids is 1. The van der Waals surface area contributed by atoms with Crippen molar-refractivity contribution in [3.05, 3.63) is 11.8 Å². The number of hydrogen-bond donors (Lipinski definition) is 3. The monoisotopic (exact) mass is 242 g/mol. The summed E-state index contributed by atoms with van der Waals surface area (Å²) >= 11 is 1.62. The quantitative estimate of drug-likeness (QED) is 0.739. The van der Waals surface area contributed by atoms with E-state index in [1.807, 2.05) is 0 Å². The van der Waals surface area contributed by atoms with Crippen molar-refractivity contribution in [3.8, 4) is 0 Å². The van der Waals surface area contributed by atoms with E-state index in [1.165, 1.54) is 0 Å². The molecular weight excluding hydrogens is 224 g/mol. The first-order chi connectivity index (χ1) is 7.38. The van der Waals surface area contributed by atoms with Gasteiger partial charge in [0.05, 0.1) is 11.9 Å². The number of nitrogens with two attached hydrogens (primary N) is 1. The van der Waals surface area contributed by atoms with Gasteiger partial charge >= 0.3 is 0 Å². The maximum atomic E-state index is 11.5. The average Bonchev–Trinajstić information content (AvgIpc) is 2.57. The largest absolute Gasteiger partial charge is 0.384 e. The first-order valence-corrected chi connectivity index (χ1v) is 6.05. The minimum Gasteiger partial charge on any atom is -0.384 e. The molecule has 0 aliphatic heterocycles. The molecule has 90 valence electrons. The van der Waals surface area contributed by atoms with Crippen molar-refractivity contribution >= 4 is 23.5 Å². The van der Waals surface area contributed by atoms with Crippen LogP contribution in [0.15, 0.2) is 6.20 Å². The lowest BCUT2D eigenvalue weighted by molar-refractivity contribution is -0.118. The summed E-state index contributed by atoms with van der Waals surface area (Å²) in [4.78, 5) is 11.5. The van der Waals surface area contributed by atoms with Gasteiger partial charge < -0.3 is 11.1 Å². The van der Waals surface area contributed by atoms with Gasteiger partial charge in [0, 0.05) is 16.9 Å². The molecular formula is C10H18N4OS. The van der Waals surface area contributed by atoms with E-state index in [0.717, 1.165) is 5.56 Å². The SMILES string of the molecule is CC(C)(C)SCC(=O)NCc1cn[nH]c1N. The van der Waals surface area contributed by atoms with Crippen LogP contribution in [0.4, 0.5) is 5.82 Å². The van der Waals surface area contributed by atoms with E-state index < -0.39 is 0 Å². The number of carbonyl (C=O) groups is 1. The van der Waals surface area contributed by atoms with Gasteiger partial charge in [0.1, 0.15) is 5.82 Å². The van der Waals surface area contributed by atoms with Crippen LogP contribution in [0.1, 0.15) is 26.3 Å². The lowest BCUT2D eigenvalue weighted by Crippen LogP contribution is -2.26. The van der Waals surface area contributed by atoms with Crippen molar-refractivity contribution in [3.63, 3.8) is 0 Å². The number of thioether (sulfide) groups is 1. The number of amides is 1. The van der Waals surface area contributed by atoms with Gasteiger partial charge in [-0.25, -0.2) is 0 Å². The fourth-order valence-electron chi connectivity index (χ4n) is 0.989. The highest BCUT2D eigenvalue weighted by Crippen LogP contribution is 2.22. The second-order valence-electron chi connectivity index (χ2n) is 4.49. The second kappa shape index (κ2) is 5.25. The number of nitrogens with one attached hydrogen (secondary N) is 2. The molecule has 1 heterocycles. The molecule has 1 aromatic rings. The van der Waals surface area contributed by atoms with E-state index in [0.29, 0.717) is 18.1 Å². The zero-order valence-electron chi connectivity index (χ0n) is 9.83. The zero-order valence-corrected chi connectivity index (χ0v) is 10.6. The Labute approximate surface area is 99.6 Å². The maximum Gasteiger partial charge on any atom is 0.230 e. The molecule has 1 amide bonds. The lowest BCUT2D eigenvalue weighted by atomic mass is 10.3. The Balaban J connectivity index is 2.29. The predicted octanol–water partition coefficient (Wildman–Crippen LogP) is 1.14. The van der Waals surface area contributed by atoms with Crippen molar-refractivity contribution in [1.82, 2.24) is 15.5 Å². The smallest absolute Gasteiger partial charge is 0.230 e. The molecule has 0 saturated heterocycles. The minimum atomic E-state index is 0.0144. The number of H-pyrrole nitrogens is 1. The number of aromatic nitrogens is 2. The van der Waals surface area contributed by atoms with Gasteiger partial charge in [0.25, 0.3) is 0 Å².